The van der Waals surface area contributed by atoms with Gasteiger partial charge < -0.3 is 5.32 Å². The van der Waals surface area contributed by atoms with Gasteiger partial charge in [-0.25, -0.2) is 0 Å². The zero-order valence-electron chi connectivity index (χ0n) is 7.55. The molecule has 0 saturated carbocycles. The second-order valence-electron chi connectivity index (χ2n) is 2.81. The van der Waals surface area contributed by atoms with Gasteiger partial charge >= 0.3 is 0 Å². The van der Waals surface area contributed by atoms with Crippen LogP contribution in [0, 0.1) is 0 Å². The molecule has 0 radical (unpaired) electrons. The maximum atomic E-state index is 11.1. The summed E-state index contributed by atoms with van der Waals surface area (Å²) in [5, 5.41) is 2.78. The summed E-state index contributed by atoms with van der Waals surface area (Å²) in [5.74, 6) is 0.0642. The summed E-state index contributed by atoms with van der Waals surface area (Å²) in [5.41, 5.74) is 2.13. The largest absolute Gasteiger partial charge is 0.352 e. The van der Waals surface area contributed by atoms with Crippen molar-refractivity contribution in [2.24, 2.45) is 0 Å². The molecule has 13 heavy (non-hydrogen) atoms. The highest BCUT2D eigenvalue weighted by atomic mass is 16.1. The Morgan fingerprint density at radius 1 is 1.15 bits per heavy atom. The van der Waals surface area contributed by atoms with Crippen molar-refractivity contribution in [3.8, 4) is 0 Å². The maximum Gasteiger partial charge on any atom is 0.224 e. The van der Waals surface area contributed by atoms with E-state index >= 15 is 0 Å². The average Bonchev–Trinajstić information content (AvgIpc) is 2.10. The number of hydrogen-bond acceptors (Lipinski definition) is 1. The van der Waals surface area contributed by atoms with E-state index in [1.807, 2.05) is 12.2 Å². The van der Waals surface area contributed by atoms with Crippen molar-refractivity contribution in [2.45, 2.75) is 6.42 Å². The van der Waals surface area contributed by atoms with E-state index in [1.165, 1.54) is 0 Å². The molecule has 1 saturated heterocycles. The summed E-state index contributed by atoms with van der Waals surface area (Å²) >= 11 is 0. The summed E-state index contributed by atoms with van der Waals surface area (Å²) in [6.45, 7) is 7.83. The molecular weight excluding hydrogens is 162 g/mol. The lowest BCUT2D eigenvalue weighted by Crippen LogP contribution is -2.31. The molecule has 1 aliphatic heterocycles. The molecule has 0 spiro atoms. The Balaban J connectivity index is 2.90. The van der Waals surface area contributed by atoms with Gasteiger partial charge in [0.05, 0.1) is 6.42 Å². The lowest BCUT2D eigenvalue weighted by molar-refractivity contribution is -0.120. The smallest absolute Gasteiger partial charge is 0.224 e. The zero-order chi connectivity index (χ0) is 9.68. The van der Waals surface area contributed by atoms with Crippen LogP contribution in [0.5, 0.6) is 0 Å². The zero-order valence-corrected chi connectivity index (χ0v) is 7.55. The normalized spacial score (nSPS) is 22.9. The summed E-state index contributed by atoms with van der Waals surface area (Å²) in [6.07, 6.45) is 7.64. The lowest BCUT2D eigenvalue weighted by atomic mass is 9.98. The van der Waals surface area contributed by atoms with E-state index in [-0.39, 0.29) is 5.91 Å². The Kier molecular flexibility index (Phi) is 3.26. The van der Waals surface area contributed by atoms with Crippen LogP contribution in [0.25, 0.3) is 0 Å². The predicted octanol–water partition coefficient (Wildman–Crippen LogP) is 1.73. The van der Waals surface area contributed by atoms with Crippen LogP contribution in [0.1, 0.15) is 6.42 Å². The Labute approximate surface area is 78.3 Å². The highest BCUT2D eigenvalue weighted by Gasteiger charge is 2.15. The van der Waals surface area contributed by atoms with Crippen molar-refractivity contribution in [3.63, 3.8) is 0 Å². The van der Waals surface area contributed by atoms with Crippen molar-refractivity contribution in [1.82, 2.24) is 5.32 Å². The SMILES string of the molecule is C=C/C=C1/CC(=O)NC/C1=C/C=C. The third-order valence-corrected chi connectivity index (χ3v) is 1.88. The van der Waals surface area contributed by atoms with Crippen molar-refractivity contribution in [1.29, 1.82) is 0 Å². The number of allylic oxidation sites excluding steroid dienone is 4. The van der Waals surface area contributed by atoms with Gasteiger partial charge in [-0.15, -0.1) is 0 Å². The minimum Gasteiger partial charge on any atom is -0.352 e. The van der Waals surface area contributed by atoms with Gasteiger partial charge in [0.15, 0.2) is 0 Å². The second-order valence-corrected chi connectivity index (χ2v) is 2.81. The third kappa shape index (κ3) is 2.44. The van der Waals surface area contributed by atoms with Gasteiger partial charge in [-0.1, -0.05) is 37.5 Å². The van der Waals surface area contributed by atoms with E-state index < -0.39 is 0 Å². The van der Waals surface area contributed by atoms with E-state index in [0.717, 1.165) is 11.1 Å². The van der Waals surface area contributed by atoms with Gasteiger partial charge in [0.25, 0.3) is 0 Å². The molecule has 68 valence electrons. The molecule has 1 aliphatic rings. The fourth-order valence-electron chi connectivity index (χ4n) is 1.27. The van der Waals surface area contributed by atoms with E-state index in [4.69, 9.17) is 0 Å². The van der Waals surface area contributed by atoms with Gasteiger partial charge in [0.1, 0.15) is 0 Å². The minimum absolute atomic E-state index is 0.0642. The molecule has 2 nitrogen and oxygen atoms in total. The first-order chi connectivity index (χ1) is 6.27. The fourth-order valence-corrected chi connectivity index (χ4v) is 1.27. The van der Waals surface area contributed by atoms with Crippen LogP contribution in [-0.4, -0.2) is 12.5 Å². The summed E-state index contributed by atoms with van der Waals surface area (Å²) in [7, 11) is 0. The number of rotatable bonds is 2. The van der Waals surface area contributed by atoms with E-state index in [0.29, 0.717) is 13.0 Å². The molecule has 1 heterocycles. The van der Waals surface area contributed by atoms with Crippen LogP contribution in [-0.2, 0) is 4.79 Å². The Bertz CT molecular complexity index is 297. The molecule has 0 unspecified atom stereocenters. The standard InChI is InChI=1S/C11H13NO/c1-3-5-9-7-11(13)12-8-10(9)6-4-2/h3-6H,1-2,7-8H2,(H,12,13)/b9-5-,10-6-. The fraction of sp³-hybridized carbons (Fsp3) is 0.182. The molecule has 0 aliphatic carbocycles. The molecule has 1 amide bonds. The molecule has 0 aromatic rings. The summed E-state index contributed by atoms with van der Waals surface area (Å²) in [6, 6.07) is 0. The van der Waals surface area contributed by atoms with E-state index in [1.54, 1.807) is 12.2 Å². The first-order valence-corrected chi connectivity index (χ1v) is 4.18. The number of nitrogens with one attached hydrogen (secondary N) is 1. The topological polar surface area (TPSA) is 29.1 Å². The lowest BCUT2D eigenvalue weighted by Gasteiger charge is -2.18. The maximum absolute atomic E-state index is 11.1. The van der Waals surface area contributed by atoms with E-state index in [9.17, 15) is 4.79 Å². The van der Waals surface area contributed by atoms with Crippen molar-refractivity contribution >= 4 is 5.91 Å². The average molecular weight is 175 g/mol. The highest BCUT2D eigenvalue weighted by molar-refractivity contribution is 5.82. The van der Waals surface area contributed by atoms with Crippen LogP contribution in [0.15, 0.2) is 48.6 Å². The van der Waals surface area contributed by atoms with Crippen LogP contribution >= 0.6 is 0 Å². The quantitative estimate of drug-likeness (QED) is 0.680. The van der Waals surface area contributed by atoms with Gasteiger partial charge in [0.2, 0.25) is 5.91 Å². The molecule has 1 N–H and O–H groups in total. The Hall–Kier alpha value is -1.57. The monoisotopic (exact) mass is 175 g/mol. The number of hydrogen-bond donors (Lipinski definition) is 1. The first kappa shape index (κ1) is 9.52. The predicted molar refractivity (Wildman–Crippen MR) is 54.2 cm³/mol. The molecule has 0 bridgehead atoms. The van der Waals surface area contributed by atoms with Crippen molar-refractivity contribution in [3.05, 3.63) is 48.6 Å². The Morgan fingerprint density at radius 3 is 2.38 bits per heavy atom. The van der Waals surface area contributed by atoms with Crippen LogP contribution in [0.4, 0.5) is 0 Å². The molecule has 1 rings (SSSR count). The number of carbonyl (C=O) groups is 1. The van der Waals surface area contributed by atoms with E-state index in [2.05, 4.69) is 18.5 Å². The van der Waals surface area contributed by atoms with Crippen molar-refractivity contribution in [2.75, 3.05) is 6.54 Å². The van der Waals surface area contributed by atoms with Gasteiger partial charge in [0, 0.05) is 6.54 Å². The molecular formula is C11H13NO. The number of amides is 1. The van der Waals surface area contributed by atoms with Crippen LogP contribution in [0.3, 0.4) is 0 Å². The Morgan fingerprint density at radius 2 is 1.77 bits per heavy atom. The van der Waals surface area contributed by atoms with Crippen LogP contribution in [0.2, 0.25) is 0 Å². The highest BCUT2D eigenvalue weighted by Crippen LogP contribution is 2.17. The second kappa shape index (κ2) is 4.45. The summed E-state index contributed by atoms with van der Waals surface area (Å²) < 4.78 is 0. The number of piperidine rings is 1. The van der Waals surface area contributed by atoms with Gasteiger partial charge in [-0.05, 0) is 11.1 Å². The van der Waals surface area contributed by atoms with Gasteiger partial charge in [-0.2, -0.15) is 0 Å². The third-order valence-electron chi connectivity index (χ3n) is 1.88. The van der Waals surface area contributed by atoms with Crippen molar-refractivity contribution < 1.29 is 4.79 Å². The van der Waals surface area contributed by atoms with Crippen LogP contribution < -0.4 is 5.32 Å². The summed E-state index contributed by atoms with van der Waals surface area (Å²) in [4.78, 5) is 11.1. The molecule has 0 aromatic heterocycles. The first-order valence-electron chi connectivity index (χ1n) is 4.18. The molecule has 0 aromatic carbocycles. The molecule has 0 atom stereocenters. The minimum atomic E-state index is 0.0642. The number of carbonyl (C=O) groups excluding carboxylic acids is 1. The molecule has 2 heteroatoms. The van der Waals surface area contributed by atoms with Gasteiger partial charge in [-0.3, -0.25) is 4.79 Å². The molecule has 1 fully saturated rings.